The molecule has 3 amide bonds. The van der Waals surface area contributed by atoms with Crippen LogP contribution in [0, 0.1) is 5.82 Å². The third kappa shape index (κ3) is 5.38. The summed E-state index contributed by atoms with van der Waals surface area (Å²) in [6, 6.07) is 10.3. The number of hydroxylamine groups is 1. The summed E-state index contributed by atoms with van der Waals surface area (Å²) in [5.74, 6) is -2.26. The van der Waals surface area contributed by atoms with Crippen LogP contribution in [0.5, 0.6) is 0 Å². The van der Waals surface area contributed by atoms with E-state index in [1.54, 1.807) is 6.07 Å². The van der Waals surface area contributed by atoms with Gasteiger partial charge in [-0.05, 0) is 35.9 Å². The molecule has 1 fully saturated rings. The van der Waals surface area contributed by atoms with Crippen LogP contribution >= 0.6 is 0 Å². The molecule has 1 heterocycles. The number of nitrogens with two attached hydrogens (primary N) is 1. The summed E-state index contributed by atoms with van der Waals surface area (Å²) in [5.41, 5.74) is 8.32. The van der Waals surface area contributed by atoms with Gasteiger partial charge in [0.15, 0.2) is 0 Å². The van der Waals surface area contributed by atoms with Crippen molar-refractivity contribution in [2.24, 2.45) is 5.73 Å². The van der Waals surface area contributed by atoms with Gasteiger partial charge in [-0.1, -0.05) is 12.1 Å². The minimum atomic E-state index is -0.791. The molecule has 32 heavy (non-hydrogen) atoms. The normalized spacial score (nSPS) is 15.2. The quantitative estimate of drug-likeness (QED) is 0.567. The lowest BCUT2D eigenvalue weighted by atomic mass is 10.0. The number of hydrogen-bond donors (Lipinski definition) is 3. The minimum absolute atomic E-state index is 0.170. The Hall–Kier alpha value is -3.99. The van der Waals surface area contributed by atoms with Crippen LogP contribution in [-0.4, -0.2) is 49.6 Å². The van der Waals surface area contributed by atoms with Crippen LogP contribution in [0.25, 0.3) is 11.1 Å². The third-order valence-corrected chi connectivity index (χ3v) is 4.60. The Morgan fingerprint density at radius 1 is 1.22 bits per heavy atom. The van der Waals surface area contributed by atoms with Crippen molar-refractivity contribution in [3.63, 3.8) is 0 Å². The number of carbonyl (C=O) groups excluding carboxylic acids is 4. The Morgan fingerprint density at radius 3 is 2.56 bits per heavy atom. The van der Waals surface area contributed by atoms with Crippen molar-refractivity contribution in [2.75, 3.05) is 24.5 Å². The van der Waals surface area contributed by atoms with Crippen molar-refractivity contribution in [3.05, 3.63) is 53.8 Å². The van der Waals surface area contributed by atoms with E-state index in [1.807, 2.05) is 5.48 Å². The van der Waals surface area contributed by atoms with E-state index in [1.165, 1.54) is 48.2 Å². The Labute approximate surface area is 182 Å². The molecule has 1 aliphatic rings. The maximum atomic E-state index is 14.8. The molecule has 1 aliphatic heterocycles. The van der Waals surface area contributed by atoms with Gasteiger partial charge in [-0.25, -0.2) is 14.0 Å². The maximum Gasteiger partial charge on any atom is 0.414 e. The molecule has 2 aromatic rings. The number of rotatable bonds is 6. The SMILES string of the molecule is CC(=O)NC[C@H]1CN(c2ccc(-c3ccc(C(=O)NOC(=O)CN)cc3)c(F)c2)C(=O)O1. The van der Waals surface area contributed by atoms with E-state index in [4.69, 9.17) is 10.5 Å². The second kappa shape index (κ2) is 9.88. The average molecular weight is 444 g/mol. The highest BCUT2D eigenvalue weighted by molar-refractivity contribution is 5.95. The molecule has 0 unspecified atom stereocenters. The molecule has 168 valence electrons. The number of carbonyl (C=O) groups is 4. The molecule has 1 saturated heterocycles. The van der Waals surface area contributed by atoms with Crippen molar-refractivity contribution >= 4 is 29.6 Å². The van der Waals surface area contributed by atoms with E-state index in [0.717, 1.165) is 0 Å². The summed E-state index contributed by atoms with van der Waals surface area (Å²) in [4.78, 5) is 51.8. The van der Waals surface area contributed by atoms with Gasteiger partial charge in [0.25, 0.3) is 5.91 Å². The maximum absolute atomic E-state index is 14.8. The highest BCUT2D eigenvalue weighted by Crippen LogP contribution is 2.29. The Morgan fingerprint density at radius 2 is 1.94 bits per heavy atom. The standard InChI is InChI=1S/C21H21FN4O6/c1-12(27)24-10-16-11-26(21(30)31-16)15-6-7-17(18(22)8-15)13-2-4-14(5-3-13)20(29)25-32-19(28)9-23/h2-8,16H,9-11,23H2,1H3,(H,24,27)(H,25,29)/t16-/m0/s1. The lowest BCUT2D eigenvalue weighted by molar-refractivity contribution is -0.147. The molecular weight excluding hydrogens is 423 g/mol. The zero-order valence-electron chi connectivity index (χ0n) is 17.1. The fraction of sp³-hybridized carbons (Fsp3) is 0.238. The largest absolute Gasteiger partial charge is 0.442 e. The van der Waals surface area contributed by atoms with E-state index in [0.29, 0.717) is 11.3 Å². The van der Waals surface area contributed by atoms with Crippen molar-refractivity contribution in [1.82, 2.24) is 10.8 Å². The average Bonchev–Trinajstić information content (AvgIpc) is 3.16. The van der Waals surface area contributed by atoms with E-state index in [-0.39, 0.29) is 36.7 Å². The molecular formula is C21H21FN4O6. The fourth-order valence-electron chi connectivity index (χ4n) is 3.01. The molecule has 0 spiro atoms. The summed E-state index contributed by atoms with van der Waals surface area (Å²) in [7, 11) is 0. The number of nitrogens with zero attached hydrogens (tertiary/aromatic N) is 1. The van der Waals surface area contributed by atoms with Crippen LogP contribution < -0.4 is 21.4 Å². The monoisotopic (exact) mass is 444 g/mol. The van der Waals surface area contributed by atoms with E-state index >= 15 is 0 Å². The van der Waals surface area contributed by atoms with Gasteiger partial charge in [0.05, 0.1) is 25.3 Å². The van der Waals surface area contributed by atoms with E-state index < -0.39 is 29.9 Å². The van der Waals surface area contributed by atoms with Crippen LogP contribution in [-0.2, 0) is 19.2 Å². The Bertz CT molecular complexity index is 1040. The molecule has 0 bridgehead atoms. The predicted molar refractivity (Wildman–Crippen MR) is 111 cm³/mol. The van der Waals surface area contributed by atoms with Crippen LogP contribution in [0.2, 0.25) is 0 Å². The number of anilines is 1. The van der Waals surface area contributed by atoms with Gasteiger partial charge in [-0.15, -0.1) is 0 Å². The highest BCUT2D eigenvalue weighted by Gasteiger charge is 2.32. The number of cyclic esters (lactones) is 1. The lowest BCUT2D eigenvalue weighted by Gasteiger charge is -2.14. The number of ether oxygens (including phenoxy) is 1. The van der Waals surface area contributed by atoms with Gasteiger partial charge in [0.2, 0.25) is 5.91 Å². The molecule has 2 aromatic carbocycles. The van der Waals surface area contributed by atoms with Crippen molar-refractivity contribution < 1.29 is 33.1 Å². The second-order valence-corrected chi connectivity index (χ2v) is 6.90. The number of benzene rings is 2. The van der Waals surface area contributed by atoms with Gasteiger partial charge in [0, 0.05) is 18.1 Å². The van der Waals surface area contributed by atoms with Gasteiger partial charge in [0.1, 0.15) is 11.9 Å². The van der Waals surface area contributed by atoms with Crippen LogP contribution in [0.3, 0.4) is 0 Å². The predicted octanol–water partition coefficient (Wildman–Crippen LogP) is 1.10. The van der Waals surface area contributed by atoms with Crippen molar-refractivity contribution in [3.8, 4) is 11.1 Å². The summed E-state index contributed by atoms with van der Waals surface area (Å²) < 4.78 is 20.0. The molecule has 0 radical (unpaired) electrons. The van der Waals surface area contributed by atoms with Gasteiger partial charge in [-0.2, -0.15) is 5.48 Å². The van der Waals surface area contributed by atoms with Crippen molar-refractivity contribution in [1.29, 1.82) is 0 Å². The summed E-state index contributed by atoms with van der Waals surface area (Å²) in [6.45, 7) is 1.33. The number of amides is 3. The van der Waals surface area contributed by atoms with Gasteiger partial charge in [-0.3, -0.25) is 14.5 Å². The fourth-order valence-corrected chi connectivity index (χ4v) is 3.01. The van der Waals surface area contributed by atoms with Gasteiger partial charge < -0.3 is 20.6 Å². The molecule has 11 heteroatoms. The van der Waals surface area contributed by atoms with E-state index in [2.05, 4.69) is 10.2 Å². The number of nitrogens with one attached hydrogen (secondary N) is 2. The number of hydrogen-bond acceptors (Lipinski definition) is 7. The summed E-state index contributed by atoms with van der Waals surface area (Å²) >= 11 is 0. The van der Waals surface area contributed by atoms with Crippen molar-refractivity contribution in [2.45, 2.75) is 13.0 Å². The molecule has 3 rings (SSSR count). The highest BCUT2D eigenvalue weighted by atomic mass is 19.1. The molecule has 0 aliphatic carbocycles. The third-order valence-electron chi connectivity index (χ3n) is 4.60. The molecule has 0 saturated carbocycles. The summed E-state index contributed by atoms with van der Waals surface area (Å²) in [6.07, 6.45) is -1.16. The van der Waals surface area contributed by atoms with E-state index in [9.17, 15) is 23.6 Å². The first kappa shape index (κ1) is 22.7. The van der Waals surface area contributed by atoms with Crippen LogP contribution in [0.1, 0.15) is 17.3 Å². The van der Waals surface area contributed by atoms with Gasteiger partial charge >= 0.3 is 12.1 Å². The van der Waals surface area contributed by atoms with Crippen LogP contribution in [0.4, 0.5) is 14.9 Å². The zero-order chi connectivity index (χ0) is 23.3. The first-order chi connectivity index (χ1) is 15.3. The first-order valence-corrected chi connectivity index (χ1v) is 9.61. The Balaban J connectivity index is 1.69. The zero-order valence-corrected chi connectivity index (χ0v) is 17.1. The first-order valence-electron chi connectivity index (χ1n) is 9.61. The smallest absolute Gasteiger partial charge is 0.414 e. The molecule has 0 aromatic heterocycles. The minimum Gasteiger partial charge on any atom is -0.442 e. The second-order valence-electron chi connectivity index (χ2n) is 6.90. The molecule has 10 nitrogen and oxygen atoms in total. The Kier molecular flexibility index (Phi) is 7.00. The summed E-state index contributed by atoms with van der Waals surface area (Å²) in [5, 5.41) is 2.58. The molecule has 4 N–H and O–H groups in total. The molecule has 1 atom stereocenters. The number of halogens is 1. The van der Waals surface area contributed by atoms with Crippen LogP contribution in [0.15, 0.2) is 42.5 Å². The lowest BCUT2D eigenvalue weighted by Crippen LogP contribution is -2.33. The topological polar surface area (TPSA) is 140 Å².